The average molecular weight is 351 g/mol. The molecule has 0 aliphatic heterocycles. The van der Waals surface area contributed by atoms with Crippen LogP contribution in [-0.4, -0.2) is 8.42 Å². The van der Waals surface area contributed by atoms with Gasteiger partial charge in [0.15, 0.2) is 0 Å². The molecule has 3 rings (SSSR count). The Morgan fingerprint density at radius 3 is 1.80 bits per heavy atom. The molecule has 0 aromatic heterocycles. The Balaban J connectivity index is 2.16. The van der Waals surface area contributed by atoms with Gasteiger partial charge in [0.25, 0.3) is 10.0 Å². The summed E-state index contributed by atoms with van der Waals surface area (Å²) in [7, 11) is -3.66. The standard InChI is InChI=1S/C21H21NO2S/c1-17-10-9-11-18(2)21(17)22(16-19-12-5-3-6-13-19)25(23,24)20-14-7-4-8-15-20/h3-15H,16H2,1-2H3. The summed E-state index contributed by atoms with van der Waals surface area (Å²) in [6, 6.07) is 24.1. The summed E-state index contributed by atoms with van der Waals surface area (Å²) >= 11 is 0. The predicted octanol–water partition coefficient (Wildman–Crippen LogP) is 4.70. The van der Waals surface area contributed by atoms with Crippen molar-refractivity contribution in [1.82, 2.24) is 0 Å². The highest BCUT2D eigenvalue weighted by Gasteiger charge is 2.27. The highest BCUT2D eigenvalue weighted by molar-refractivity contribution is 7.92. The normalized spacial score (nSPS) is 11.3. The molecule has 0 N–H and O–H groups in total. The first-order chi connectivity index (χ1) is 12.0. The molecule has 0 fully saturated rings. The highest BCUT2D eigenvalue weighted by Crippen LogP contribution is 2.31. The van der Waals surface area contributed by atoms with E-state index in [9.17, 15) is 8.42 Å². The van der Waals surface area contributed by atoms with E-state index in [1.54, 1.807) is 24.3 Å². The molecule has 3 aromatic carbocycles. The molecule has 0 heterocycles. The second-order valence-corrected chi connectivity index (χ2v) is 7.91. The summed E-state index contributed by atoms with van der Waals surface area (Å²) in [6.45, 7) is 4.19. The molecular formula is C21H21NO2S. The molecule has 25 heavy (non-hydrogen) atoms. The Morgan fingerprint density at radius 1 is 0.720 bits per heavy atom. The van der Waals surface area contributed by atoms with Crippen LogP contribution in [0.15, 0.2) is 83.8 Å². The Hall–Kier alpha value is -2.59. The van der Waals surface area contributed by atoms with Crippen LogP contribution >= 0.6 is 0 Å². The topological polar surface area (TPSA) is 37.4 Å². The highest BCUT2D eigenvalue weighted by atomic mass is 32.2. The van der Waals surface area contributed by atoms with Gasteiger partial charge >= 0.3 is 0 Å². The lowest BCUT2D eigenvalue weighted by Crippen LogP contribution is -2.31. The van der Waals surface area contributed by atoms with Crippen molar-refractivity contribution >= 4 is 15.7 Å². The van der Waals surface area contributed by atoms with Crippen LogP contribution in [0.4, 0.5) is 5.69 Å². The summed E-state index contributed by atoms with van der Waals surface area (Å²) in [4.78, 5) is 0.300. The first kappa shape index (κ1) is 17.2. The molecule has 0 amide bonds. The minimum atomic E-state index is -3.66. The van der Waals surface area contributed by atoms with Crippen LogP contribution in [-0.2, 0) is 16.6 Å². The zero-order chi connectivity index (χ0) is 17.9. The fourth-order valence-corrected chi connectivity index (χ4v) is 4.56. The molecule has 0 radical (unpaired) electrons. The molecule has 3 nitrogen and oxygen atoms in total. The molecule has 0 spiro atoms. The van der Waals surface area contributed by atoms with Crippen LogP contribution < -0.4 is 4.31 Å². The monoisotopic (exact) mass is 351 g/mol. The van der Waals surface area contributed by atoms with Crippen molar-refractivity contribution in [2.75, 3.05) is 4.31 Å². The van der Waals surface area contributed by atoms with Crippen molar-refractivity contribution in [3.05, 3.63) is 95.6 Å². The first-order valence-corrected chi connectivity index (χ1v) is 9.62. The fraction of sp³-hybridized carbons (Fsp3) is 0.143. The van der Waals surface area contributed by atoms with E-state index < -0.39 is 10.0 Å². The number of rotatable bonds is 5. The van der Waals surface area contributed by atoms with Crippen molar-refractivity contribution in [1.29, 1.82) is 0 Å². The smallest absolute Gasteiger partial charge is 0.261 e. The quantitative estimate of drug-likeness (QED) is 0.668. The van der Waals surface area contributed by atoms with Gasteiger partial charge in [0.05, 0.1) is 17.1 Å². The van der Waals surface area contributed by atoms with Crippen molar-refractivity contribution in [3.63, 3.8) is 0 Å². The Labute approximate surface area is 149 Å². The van der Waals surface area contributed by atoms with Gasteiger partial charge in [-0.2, -0.15) is 0 Å². The van der Waals surface area contributed by atoms with E-state index in [4.69, 9.17) is 0 Å². The molecule has 3 aromatic rings. The van der Waals surface area contributed by atoms with Crippen LogP contribution in [0.2, 0.25) is 0 Å². The molecule has 0 saturated heterocycles. The second kappa shape index (κ2) is 7.11. The number of hydrogen-bond acceptors (Lipinski definition) is 2. The molecule has 0 aliphatic rings. The average Bonchev–Trinajstić information content (AvgIpc) is 2.62. The third-order valence-corrected chi connectivity index (χ3v) is 5.95. The predicted molar refractivity (Wildman–Crippen MR) is 102 cm³/mol. The zero-order valence-electron chi connectivity index (χ0n) is 14.4. The molecule has 128 valence electrons. The van der Waals surface area contributed by atoms with E-state index >= 15 is 0 Å². The van der Waals surface area contributed by atoms with Gasteiger partial charge in [-0.15, -0.1) is 0 Å². The first-order valence-electron chi connectivity index (χ1n) is 8.18. The van der Waals surface area contributed by atoms with Gasteiger partial charge in [0.1, 0.15) is 0 Å². The van der Waals surface area contributed by atoms with Crippen molar-refractivity contribution in [3.8, 4) is 0 Å². The summed E-state index contributed by atoms with van der Waals surface area (Å²) in [6.07, 6.45) is 0. The van der Waals surface area contributed by atoms with E-state index in [1.807, 2.05) is 68.4 Å². The van der Waals surface area contributed by atoms with E-state index in [-0.39, 0.29) is 0 Å². The largest absolute Gasteiger partial charge is 0.264 e. The van der Waals surface area contributed by atoms with E-state index in [0.29, 0.717) is 11.4 Å². The van der Waals surface area contributed by atoms with Crippen molar-refractivity contribution < 1.29 is 8.42 Å². The molecule has 4 heteroatoms. The van der Waals surface area contributed by atoms with Gasteiger partial charge in [-0.3, -0.25) is 4.31 Å². The van der Waals surface area contributed by atoms with Crippen molar-refractivity contribution in [2.45, 2.75) is 25.3 Å². The van der Waals surface area contributed by atoms with Gasteiger partial charge in [-0.05, 0) is 42.7 Å². The molecule has 0 atom stereocenters. The maximum atomic E-state index is 13.4. The molecular weight excluding hydrogens is 330 g/mol. The number of benzene rings is 3. The van der Waals surface area contributed by atoms with Gasteiger partial charge in [0.2, 0.25) is 0 Å². The van der Waals surface area contributed by atoms with Gasteiger partial charge < -0.3 is 0 Å². The van der Waals surface area contributed by atoms with Crippen LogP contribution in [0.25, 0.3) is 0 Å². The minimum Gasteiger partial charge on any atom is -0.261 e. The van der Waals surface area contributed by atoms with Crippen LogP contribution in [0.5, 0.6) is 0 Å². The third-order valence-electron chi connectivity index (χ3n) is 4.19. The molecule has 0 saturated carbocycles. The maximum absolute atomic E-state index is 13.4. The van der Waals surface area contributed by atoms with Crippen LogP contribution in [0.3, 0.4) is 0 Å². The summed E-state index contributed by atoms with van der Waals surface area (Å²) in [5.41, 5.74) is 3.57. The fourth-order valence-electron chi connectivity index (χ4n) is 2.95. The van der Waals surface area contributed by atoms with Crippen LogP contribution in [0, 0.1) is 13.8 Å². The lowest BCUT2D eigenvalue weighted by atomic mass is 10.1. The Morgan fingerprint density at radius 2 is 1.24 bits per heavy atom. The number of para-hydroxylation sites is 1. The molecule has 0 bridgehead atoms. The van der Waals surface area contributed by atoms with E-state index in [0.717, 1.165) is 22.4 Å². The number of anilines is 1. The third kappa shape index (κ3) is 3.59. The van der Waals surface area contributed by atoms with Crippen molar-refractivity contribution in [2.24, 2.45) is 0 Å². The summed E-state index contributed by atoms with van der Waals surface area (Å²) in [5.74, 6) is 0. The minimum absolute atomic E-state index is 0.295. The molecule has 0 unspecified atom stereocenters. The Kier molecular flexibility index (Phi) is 4.91. The SMILES string of the molecule is Cc1cccc(C)c1N(Cc1ccccc1)S(=O)(=O)c1ccccc1. The van der Waals surface area contributed by atoms with E-state index in [1.165, 1.54) is 4.31 Å². The number of hydrogen-bond donors (Lipinski definition) is 0. The lowest BCUT2D eigenvalue weighted by molar-refractivity contribution is 0.590. The van der Waals surface area contributed by atoms with Gasteiger partial charge in [0, 0.05) is 0 Å². The zero-order valence-corrected chi connectivity index (χ0v) is 15.2. The summed E-state index contributed by atoms with van der Waals surface area (Å²) < 4.78 is 28.3. The Bertz CT molecular complexity index is 931. The summed E-state index contributed by atoms with van der Waals surface area (Å²) in [5, 5.41) is 0. The lowest BCUT2D eigenvalue weighted by Gasteiger charge is -2.28. The number of nitrogens with zero attached hydrogens (tertiary/aromatic N) is 1. The molecule has 0 aliphatic carbocycles. The van der Waals surface area contributed by atoms with E-state index in [2.05, 4.69) is 0 Å². The maximum Gasteiger partial charge on any atom is 0.264 e. The van der Waals surface area contributed by atoms with Crippen LogP contribution in [0.1, 0.15) is 16.7 Å². The van der Waals surface area contributed by atoms with Gasteiger partial charge in [-0.25, -0.2) is 8.42 Å². The number of aryl methyl sites for hydroxylation is 2. The second-order valence-electron chi connectivity index (χ2n) is 6.05. The number of sulfonamides is 1. The van der Waals surface area contributed by atoms with Gasteiger partial charge in [-0.1, -0.05) is 66.7 Å².